The number of carbonyl (C=O) groups excluding carboxylic acids is 1. The van der Waals surface area contributed by atoms with Crippen LogP contribution < -0.4 is 16.8 Å². The molecule has 0 aliphatic heterocycles. The van der Waals surface area contributed by atoms with Gasteiger partial charge in [0.25, 0.3) is 5.91 Å². The van der Waals surface area contributed by atoms with Crippen molar-refractivity contribution >= 4 is 5.91 Å². The average Bonchev–Trinajstić information content (AvgIpc) is 1.62. The highest BCUT2D eigenvalue weighted by molar-refractivity contribution is 5.84. The van der Waals surface area contributed by atoms with Crippen molar-refractivity contribution in [1.29, 1.82) is 0 Å². The Kier molecular flexibility index (Phi) is 1.94. The maximum atomic E-state index is 10.5. The van der Waals surface area contributed by atoms with Crippen LogP contribution in [-0.2, 0) is 4.79 Å². The predicted molar refractivity (Wildman–Crippen MR) is 30.8 cm³/mol. The van der Waals surface area contributed by atoms with Gasteiger partial charge in [0.15, 0.2) is 0 Å². The second kappa shape index (κ2) is 2.11. The zero-order valence-electron chi connectivity index (χ0n) is 5.06. The highest BCUT2D eigenvalue weighted by Crippen LogP contribution is 1.83. The Morgan fingerprint density at radius 1 is 1.62 bits per heavy atom. The topological polar surface area (TPSA) is 81.1 Å². The molecule has 0 heterocycles. The number of hydrogen-bond acceptors (Lipinski definition) is 3. The average molecular weight is 117 g/mol. The summed E-state index contributed by atoms with van der Waals surface area (Å²) in [5, 5.41) is 2.32. The summed E-state index contributed by atoms with van der Waals surface area (Å²) in [6.07, 6.45) is 0. The van der Waals surface area contributed by atoms with E-state index in [1.165, 1.54) is 14.0 Å². The van der Waals surface area contributed by atoms with E-state index >= 15 is 0 Å². The van der Waals surface area contributed by atoms with Gasteiger partial charge in [-0.2, -0.15) is 0 Å². The Morgan fingerprint density at radius 2 is 2.00 bits per heavy atom. The lowest BCUT2D eigenvalue weighted by molar-refractivity contribution is -0.125. The van der Waals surface area contributed by atoms with Crippen molar-refractivity contribution in [2.24, 2.45) is 11.5 Å². The Hall–Kier alpha value is -0.610. The van der Waals surface area contributed by atoms with Gasteiger partial charge >= 0.3 is 0 Å². The summed E-state index contributed by atoms with van der Waals surface area (Å²) in [6.45, 7) is 1.44. The van der Waals surface area contributed by atoms with Crippen LogP contribution >= 0.6 is 0 Å². The first-order chi connectivity index (χ1) is 3.48. The summed E-state index contributed by atoms with van der Waals surface area (Å²) in [5.41, 5.74) is 9.07. The minimum Gasteiger partial charge on any atom is -0.356 e. The summed E-state index contributed by atoms with van der Waals surface area (Å²) in [7, 11) is 1.49. The lowest BCUT2D eigenvalue weighted by Gasteiger charge is -2.14. The van der Waals surface area contributed by atoms with Crippen molar-refractivity contribution in [2.75, 3.05) is 7.05 Å². The molecule has 1 amide bonds. The van der Waals surface area contributed by atoms with Gasteiger partial charge in [-0.3, -0.25) is 4.79 Å². The van der Waals surface area contributed by atoms with E-state index in [4.69, 9.17) is 11.5 Å². The number of rotatable bonds is 1. The summed E-state index contributed by atoms with van der Waals surface area (Å²) in [5.74, 6) is -0.363. The molecule has 0 aliphatic carbocycles. The largest absolute Gasteiger partial charge is 0.356 e. The van der Waals surface area contributed by atoms with Crippen molar-refractivity contribution in [3.05, 3.63) is 0 Å². The van der Waals surface area contributed by atoms with E-state index in [0.29, 0.717) is 0 Å². The number of nitrogens with one attached hydrogen (secondary N) is 1. The van der Waals surface area contributed by atoms with Crippen molar-refractivity contribution < 1.29 is 4.79 Å². The summed E-state index contributed by atoms with van der Waals surface area (Å²) in [6, 6.07) is 0. The molecule has 4 heteroatoms. The standard InChI is InChI=1S/C4H11N3O/c1-4(5,6)3(8)7-2/h5-6H2,1-2H3,(H,7,8). The van der Waals surface area contributed by atoms with E-state index in [1.807, 2.05) is 0 Å². The van der Waals surface area contributed by atoms with Crippen LogP contribution in [0.3, 0.4) is 0 Å². The van der Waals surface area contributed by atoms with E-state index in [0.717, 1.165) is 0 Å². The first-order valence-electron chi connectivity index (χ1n) is 2.28. The molecule has 0 aromatic rings. The molecule has 0 unspecified atom stereocenters. The zero-order valence-corrected chi connectivity index (χ0v) is 5.06. The maximum absolute atomic E-state index is 10.5. The quantitative estimate of drug-likeness (QED) is 0.360. The van der Waals surface area contributed by atoms with Gasteiger partial charge in [0.1, 0.15) is 5.66 Å². The summed E-state index contributed by atoms with van der Waals surface area (Å²) < 4.78 is 0. The monoisotopic (exact) mass is 117 g/mol. The van der Waals surface area contributed by atoms with E-state index in [2.05, 4.69) is 5.32 Å². The molecule has 48 valence electrons. The minimum absolute atomic E-state index is 0.363. The van der Waals surface area contributed by atoms with Gasteiger partial charge in [0.2, 0.25) is 0 Å². The van der Waals surface area contributed by atoms with Crippen molar-refractivity contribution in [2.45, 2.75) is 12.6 Å². The third kappa shape index (κ3) is 1.90. The van der Waals surface area contributed by atoms with E-state index in [9.17, 15) is 4.79 Å². The molecule has 0 bridgehead atoms. The number of likely N-dealkylation sites (N-methyl/N-ethyl adjacent to an activating group) is 1. The van der Waals surface area contributed by atoms with Gasteiger partial charge in [-0.05, 0) is 6.92 Å². The highest BCUT2D eigenvalue weighted by atomic mass is 16.2. The maximum Gasteiger partial charge on any atom is 0.254 e. The molecule has 0 aromatic carbocycles. The van der Waals surface area contributed by atoms with Gasteiger partial charge in [0.05, 0.1) is 0 Å². The Morgan fingerprint density at radius 3 is 2.00 bits per heavy atom. The molecular formula is C4H11N3O. The molecule has 0 radical (unpaired) electrons. The van der Waals surface area contributed by atoms with Crippen molar-refractivity contribution in [1.82, 2.24) is 5.32 Å². The third-order valence-electron chi connectivity index (χ3n) is 0.716. The number of amides is 1. The van der Waals surface area contributed by atoms with Gasteiger partial charge in [0, 0.05) is 7.05 Å². The molecule has 0 spiro atoms. The van der Waals surface area contributed by atoms with Gasteiger partial charge < -0.3 is 16.8 Å². The van der Waals surface area contributed by atoms with Crippen LogP contribution in [0.2, 0.25) is 0 Å². The fourth-order valence-corrected chi connectivity index (χ4v) is 0.269. The van der Waals surface area contributed by atoms with Crippen molar-refractivity contribution in [3.63, 3.8) is 0 Å². The molecule has 0 saturated heterocycles. The Balaban J connectivity index is 3.82. The molecule has 5 N–H and O–H groups in total. The molecule has 0 atom stereocenters. The van der Waals surface area contributed by atoms with Crippen molar-refractivity contribution in [3.8, 4) is 0 Å². The number of hydrogen-bond donors (Lipinski definition) is 3. The number of carbonyl (C=O) groups is 1. The molecule has 0 aromatic heterocycles. The minimum atomic E-state index is -1.24. The SMILES string of the molecule is CNC(=O)C(C)(N)N. The van der Waals surface area contributed by atoms with Gasteiger partial charge in [-0.25, -0.2) is 0 Å². The molecule has 0 saturated carbocycles. The van der Waals surface area contributed by atoms with Crippen LogP contribution in [0, 0.1) is 0 Å². The Labute approximate surface area is 48.2 Å². The van der Waals surface area contributed by atoms with Crippen LogP contribution in [-0.4, -0.2) is 18.6 Å². The normalized spacial score (nSPS) is 11.0. The lowest BCUT2D eigenvalue weighted by Crippen LogP contribution is -2.57. The predicted octanol–water partition coefficient (Wildman–Crippen LogP) is -1.63. The zero-order chi connectivity index (χ0) is 6.78. The molecule has 0 fully saturated rings. The molecular weight excluding hydrogens is 106 g/mol. The fourth-order valence-electron chi connectivity index (χ4n) is 0.269. The smallest absolute Gasteiger partial charge is 0.254 e. The molecule has 0 rings (SSSR count). The van der Waals surface area contributed by atoms with Gasteiger partial charge in [-0.1, -0.05) is 0 Å². The third-order valence-corrected chi connectivity index (χ3v) is 0.716. The van der Waals surface area contributed by atoms with Crippen LogP contribution in [0.5, 0.6) is 0 Å². The summed E-state index contributed by atoms with van der Waals surface area (Å²) >= 11 is 0. The van der Waals surface area contributed by atoms with Crippen LogP contribution in [0.25, 0.3) is 0 Å². The second-order valence-electron chi connectivity index (χ2n) is 1.86. The second-order valence-corrected chi connectivity index (χ2v) is 1.86. The molecule has 4 nitrogen and oxygen atoms in total. The first kappa shape index (κ1) is 7.39. The number of nitrogens with two attached hydrogens (primary N) is 2. The molecule has 0 aliphatic rings. The van der Waals surface area contributed by atoms with E-state index in [-0.39, 0.29) is 5.91 Å². The van der Waals surface area contributed by atoms with E-state index < -0.39 is 5.66 Å². The van der Waals surface area contributed by atoms with Crippen LogP contribution in [0.15, 0.2) is 0 Å². The van der Waals surface area contributed by atoms with Crippen LogP contribution in [0.1, 0.15) is 6.92 Å². The first-order valence-corrected chi connectivity index (χ1v) is 2.28. The lowest BCUT2D eigenvalue weighted by atomic mass is 10.2. The summed E-state index contributed by atoms with van der Waals surface area (Å²) in [4.78, 5) is 10.5. The fraction of sp³-hybridized carbons (Fsp3) is 0.750. The van der Waals surface area contributed by atoms with Crippen LogP contribution in [0.4, 0.5) is 0 Å². The Bertz CT molecular complexity index is 93.9. The van der Waals surface area contributed by atoms with E-state index in [1.54, 1.807) is 0 Å². The van der Waals surface area contributed by atoms with Gasteiger partial charge in [-0.15, -0.1) is 0 Å². The molecule has 8 heavy (non-hydrogen) atoms. The highest BCUT2D eigenvalue weighted by Gasteiger charge is 2.19.